The van der Waals surface area contributed by atoms with E-state index in [1.165, 1.54) is 12.7 Å². The van der Waals surface area contributed by atoms with Gasteiger partial charge in [0.15, 0.2) is 0 Å². The predicted molar refractivity (Wildman–Crippen MR) is 83.0 cm³/mol. The van der Waals surface area contributed by atoms with Crippen LogP contribution in [0, 0.1) is 0 Å². The molecule has 2 rings (SSSR count). The van der Waals surface area contributed by atoms with Crippen molar-refractivity contribution in [3.8, 4) is 0 Å². The minimum atomic E-state index is -0.276. The second-order valence-corrected chi connectivity index (χ2v) is 6.28. The molecule has 1 heterocycles. The highest BCUT2D eigenvalue weighted by Crippen LogP contribution is 2.25. The van der Waals surface area contributed by atoms with Gasteiger partial charge in [-0.05, 0) is 12.6 Å². The SMILES string of the molecule is COC(=O)C(Br)CN1CCN(C)CC1c1ccccc1. The van der Waals surface area contributed by atoms with E-state index in [9.17, 15) is 4.79 Å². The number of esters is 1. The minimum absolute atomic E-state index is 0.212. The molecule has 0 aromatic heterocycles. The number of rotatable bonds is 4. The van der Waals surface area contributed by atoms with Gasteiger partial charge in [0, 0.05) is 32.2 Å². The molecular formula is C15H21BrN2O2. The van der Waals surface area contributed by atoms with Crippen molar-refractivity contribution < 1.29 is 9.53 Å². The molecule has 0 spiro atoms. The lowest BCUT2D eigenvalue weighted by atomic mass is 10.0. The maximum Gasteiger partial charge on any atom is 0.320 e. The Morgan fingerprint density at radius 2 is 2.10 bits per heavy atom. The maximum atomic E-state index is 11.6. The van der Waals surface area contributed by atoms with E-state index in [2.05, 4.69) is 57.0 Å². The first-order chi connectivity index (χ1) is 9.61. The van der Waals surface area contributed by atoms with Crippen LogP contribution in [-0.2, 0) is 9.53 Å². The summed E-state index contributed by atoms with van der Waals surface area (Å²) in [6.45, 7) is 3.62. The number of alkyl halides is 1. The van der Waals surface area contributed by atoms with Crippen LogP contribution in [0.15, 0.2) is 30.3 Å². The van der Waals surface area contributed by atoms with E-state index < -0.39 is 0 Å². The summed E-state index contributed by atoms with van der Waals surface area (Å²) in [5.41, 5.74) is 1.30. The van der Waals surface area contributed by atoms with Crippen molar-refractivity contribution in [1.82, 2.24) is 9.80 Å². The van der Waals surface area contributed by atoms with Gasteiger partial charge in [0.2, 0.25) is 0 Å². The van der Waals surface area contributed by atoms with E-state index in [0.29, 0.717) is 12.6 Å². The largest absolute Gasteiger partial charge is 0.468 e. The monoisotopic (exact) mass is 340 g/mol. The minimum Gasteiger partial charge on any atom is -0.468 e. The molecule has 20 heavy (non-hydrogen) atoms. The average molecular weight is 341 g/mol. The Bertz CT molecular complexity index is 441. The van der Waals surface area contributed by atoms with E-state index in [1.54, 1.807) is 0 Å². The molecule has 1 aromatic rings. The Hall–Kier alpha value is -0.910. The summed E-state index contributed by atoms with van der Waals surface area (Å²) in [7, 11) is 3.56. The summed E-state index contributed by atoms with van der Waals surface area (Å²) in [6, 6.07) is 10.8. The van der Waals surface area contributed by atoms with Crippen LogP contribution in [0.4, 0.5) is 0 Å². The zero-order valence-corrected chi connectivity index (χ0v) is 13.5. The van der Waals surface area contributed by atoms with Crippen LogP contribution < -0.4 is 0 Å². The Morgan fingerprint density at radius 1 is 1.40 bits per heavy atom. The molecule has 110 valence electrons. The first-order valence-corrected chi connectivity index (χ1v) is 7.73. The summed E-state index contributed by atoms with van der Waals surface area (Å²) >= 11 is 3.42. The zero-order chi connectivity index (χ0) is 14.5. The smallest absolute Gasteiger partial charge is 0.320 e. The van der Waals surface area contributed by atoms with Gasteiger partial charge in [0.05, 0.1) is 7.11 Å². The lowest BCUT2D eigenvalue weighted by molar-refractivity contribution is -0.140. The highest BCUT2D eigenvalue weighted by atomic mass is 79.9. The van der Waals surface area contributed by atoms with Gasteiger partial charge < -0.3 is 9.64 Å². The van der Waals surface area contributed by atoms with Crippen molar-refractivity contribution in [3.63, 3.8) is 0 Å². The van der Waals surface area contributed by atoms with Crippen LogP contribution in [0.3, 0.4) is 0 Å². The van der Waals surface area contributed by atoms with Crippen LogP contribution in [0.2, 0.25) is 0 Å². The molecule has 0 amide bonds. The van der Waals surface area contributed by atoms with Gasteiger partial charge >= 0.3 is 5.97 Å². The number of carbonyl (C=O) groups is 1. The highest BCUT2D eigenvalue weighted by Gasteiger charge is 2.29. The van der Waals surface area contributed by atoms with E-state index in [0.717, 1.165) is 19.6 Å². The van der Waals surface area contributed by atoms with Crippen LogP contribution >= 0.6 is 15.9 Å². The third-order valence-electron chi connectivity index (χ3n) is 3.73. The number of piperazine rings is 1. The lowest BCUT2D eigenvalue weighted by Gasteiger charge is -2.40. The number of ether oxygens (including phenoxy) is 1. The van der Waals surface area contributed by atoms with Crippen LogP contribution in [0.25, 0.3) is 0 Å². The fourth-order valence-corrected chi connectivity index (χ4v) is 3.13. The lowest BCUT2D eigenvalue weighted by Crippen LogP contribution is -2.49. The molecule has 1 aromatic carbocycles. The summed E-state index contributed by atoms with van der Waals surface area (Å²) in [5, 5.41) is 0. The molecule has 2 unspecified atom stereocenters. The average Bonchev–Trinajstić information content (AvgIpc) is 2.49. The Kier molecular flexibility index (Phi) is 5.57. The third kappa shape index (κ3) is 3.81. The Balaban J connectivity index is 2.10. The molecule has 2 atom stereocenters. The molecule has 0 bridgehead atoms. The van der Waals surface area contributed by atoms with E-state index in [4.69, 9.17) is 4.74 Å². The first kappa shape index (κ1) is 15.5. The molecule has 4 nitrogen and oxygen atoms in total. The number of benzene rings is 1. The molecule has 1 aliphatic heterocycles. The molecule has 1 fully saturated rings. The maximum absolute atomic E-state index is 11.6. The second kappa shape index (κ2) is 7.20. The predicted octanol–water partition coefficient (Wildman–Crippen LogP) is 1.91. The van der Waals surface area contributed by atoms with Gasteiger partial charge in [0.1, 0.15) is 4.83 Å². The topological polar surface area (TPSA) is 32.8 Å². The quantitative estimate of drug-likeness (QED) is 0.619. The molecular weight excluding hydrogens is 320 g/mol. The summed E-state index contributed by atoms with van der Waals surface area (Å²) in [5.74, 6) is -0.212. The van der Waals surface area contributed by atoms with Crippen molar-refractivity contribution in [2.75, 3.05) is 40.3 Å². The standard InChI is InChI=1S/C15H21BrN2O2/c1-17-8-9-18(10-13(16)15(19)20-2)14(11-17)12-6-4-3-5-7-12/h3-7,13-14H,8-11H2,1-2H3. The molecule has 1 aliphatic rings. The third-order valence-corrected chi connectivity index (χ3v) is 4.39. The molecule has 0 N–H and O–H groups in total. The fourth-order valence-electron chi connectivity index (χ4n) is 2.58. The van der Waals surface area contributed by atoms with Crippen LogP contribution in [0.5, 0.6) is 0 Å². The summed E-state index contributed by atoms with van der Waals surface area (Å²) < 4.78 is 4.79. The van der Waals surface area contributed by atoms with Crippen molar-refractivity contribution in [3.05, 3.63) is 35.9 Å². The van der Waals surface area contributed by atoms with Crippen LogP contribution in [0.1, 0.15) is 11.6 Å². The van der Waals surface area contributed by atoms with Crippen molar-refractivity contribution >= 4 is 21.9 Å². The summed E-state index contributed by atoms with van der Waals surface area (Å²) in [4.78, 5) is 16.0. The zero-order valence-electron chi connectivity index (χ0n) is 12.0. The van der Waals surface area contributed by atoms with Gasteiger partial charge in [-0.15, -0.1) is 0 Å². The summed E-state index contributed by atoms with van der Waals surface area (Å²) in [6.07, 6.45) is 0. The number of carbonyl (C=O) groups excluding carboxylic acids is 1. The number of nitrogens with zero attached hydrogens (tertiary/aromatic N) is 2. The van der Waals surface area contributed by atoms with E-state index in [-0.39, 0.29) is 10.8 Å². The number of methoxy groups -OCH3 is 1. The van der Waals surface area contributed by atoms with Crippen molar-refractivity contribution in [2.24, 2.45) is 0 Å². The number of hydrogen-bond acceptors (Lipinski definition) is 4. The van der Waals surface area contributed by atoms with E-state index >= 15 is 0 Å². The van der Waals surface area contributed by atoms with Gasteiger partial charge in [-0.1, -0.05) is 46.3 Å². The molecule has 1 saturated heterocycles. The van der Waals surface area contributed by atoms with E-state index in [1.807, 2.05) is 6.07 Å². The number of likely N-dealkylation sites (N-methyl/N-ethyl adjacent to an activating group) is 1. The molecule has 0 radical (unpaired) electrons. The van der Waals surface area contributed by atoms with Gasteiger partial charge in [-0.25, -0.2) is 0 Å². The van der Waals surface area contributed by atoms with Crippen LogP contribution in [-0.4, -0.2) is 60.9 Å². The Morgan fingerprint density at radius 3 is 2.75 bits per heavy atom. The molecule has 0 aliphatic carbocycles. The normalized spacial score (nSPS) is 22.4. The highest BCUT2D eigenvalue weighted by molar-refractivity contribution is 9.10. The Labute approximate surface area is 128 Å². The second-order valence-electron chi connectivity index (χ2n) is 5.17. The van der Waals surface area contributed by atoms with Crippen molar-refractivity contribution in [2.45, 2.75) is 10.9 Å². The first-order valence-electron chi connectivity index (χ1n) is 6.81. The molecule has 0 saturated carbocycles. The molecule has 5 heteroatoms. The van der Waals surface area contributed by atoms with Gasteiger partial charge in [-0.2, -0.15) is 0 Å². The fraction of sp³-hybridized carbons (Fsp3) is 0.533. The van der Waals surface area contributed by atoms with Gasteiger partial charge in [-0.3, -0.25) is 9.69 Å². The number of hydrogen-bond donors (Lipinski definition) is 0. The van der Waals surface area contributed by atoms with Gasteiger partial charge in [0.25, 0.3) is 0 Å². The van der Waals surface area contributed by atoms with Crippen molar-refractivity contribution in [1.29, 1.82) is 0 Å². The number of halogens is 1.